The van der Waals surface area contributed by atoms with E-state index in [9.17, 15) is 9.59 Å². The van der Waals surface area contributed by atoms with E-state index >= 15 is 0 Å². The first-order chi connectivity index (χ1) is 18.5. The number of amides is 1. The Hall–Kier alpha value is -2.88. The lowest BCUT2D eigenvalue weighted by molar-refractivity contribution is -0.137. The van der Waals surface area contributed by atoms with E-state index < -0.39 is 5.97 Å². The number of carbonyl (C=O) groups excluding carboxylic acids is 1. The smallest absolute Gasteiger partial charge is 0.303 e. The molecule has 1 aromatic heterocycles. The normalized spacial score (nSPS) is 14.6. The molecule has 198 valence electrons. The topological polar surface area (TPSA) is 75.4 Å². The molecule has 1 amide bonds. The summed E-state index contributed by atoms with van der Waals surface area (Å²) in [4.78, 5) is 27.4. The van der Waals surface area contributed by atoms with E-state index in [0.29, 0.717) is 28.6 Å². The Morgan fingerprint density at radius 2 is 1.84 bits per heavy atom. The molecule has 0 radical (unpaired) electrons. The van der Waals surface area contributed by atoms with Crippen LogP contribution < -0.4 is 0 Å². The van der Waals surface area contributed by atoms with Crippen LogP contribution in [-0.4, -0.2) is 48.3 Å². The van der Waals surface area contributed by atoms with Crippen LogP contribution >= 0.6 is 35.7 Å². The highest BCUT2D eigenvalue weighted by molar-refractivity contribution is 8.26. The maximum Gasteiger partial charge on any atom is 0.303 e. The van der Waals surface area contributed by atoms with Gasteiger partial charge in [0.15, 0.2) is 0 Å². The quantitative estimate of drug-likeness (QED) is 0.101. The van der Waals surface area contributed by atoms with Gasteiger partial charge in [0, 0.05) is 35.2 Å². The van der Waals surface area contributed by atoms with Crippen molar-refractivity contribution in [3.8, 4) is 16.9 Å². The summed E-state index contributed by atoms with van der Waals surface area (Å²) in [5.74, 6) is 0.195. The Labute approximate surface area is 237 Å². The van der Waals surface area contributed by atoms with Gasteiger partial charge in [-0.05, 0) is 55.4 Å². The number of hydrogen-bond donors (Lipinski definition) is 1. The second-order valence-electron chi connectivity index (χ2n) is 8.98. The maximum atomic E-state index is 13.2. The molecule has 0 atom stereocenters. The summed E-state index contributed by atoms with van der Waals surface area (Å²) in [6.07, 6.45) is 8.40. The van der Waals surface area contributed by atoms with Gasteiger partial charge in [0.25, 0.3) is 5.91 Å². The number of hydrogen-bond acceptors (Lipinski definition) is 6. The number of thiocarbonyl (C=S) groups is 1. The minimum absolute atomic E-state index is 0.112. The standard InChI is InChI=1S/C29H31N3O3S3/c1-2-3-18-37-24-15-13-21(14-16-24)27-22(20-32(30-27)23-10-6-4-7-11-23)19-25-28(35)31(29(36)38-25)17-9-5-8-12-26(33)34/h4,6-7,10-11,13-16,19-20H,2-3,5,8-9,12,17-18H2,1H3,(H,33,34). The highest BCUT2D eigenvalue weighted by Gasteiger charge is 2.32. The van der Waals surface area contributed by atoms with Gasteiger partial charge in [-0.1, -0.05) is 74.1 Å². The van der Waals surface area contributed by atoms with Gasteiger partial charge in [0.05, 0.1) is 16.3 Å². The number of carboxylic acids is 1. The Morgan fingerprint density at radius 1 is 1.08 bits per heavy atom. The molecular weight excluding hydrogens is 535 g/mol. The Kier molecular flexibility index (Phi) is 10.2. The number of aromatic nitrogens is 2. The van der Waals surface area contributed by atoms with Gasteiger partial charge in [0.2, 0.25) is 0 Å². The predicted molar refractivity (Wildman–Crippen MR) is 161 cm³/mol. The molecule has 38 heavy (non-hydrogen) atoms. The van der Waals surface area contributed by atoms with Crippen molar-refractivity contribution in [2.24, 2.45) is 0 Å². The molecule has 9 heteroatoms. The van der Waals surface area contributed by atoms with Crippen molar-refractivity contribution in [3.63, 3.8) is 0 Å². The fourth-order valence-corrected chi connectivity index (χ4v) is 6.33. The molecule has 0 aliphatic carbocycles. The molecule has 1 aliphatic rings. The highest BCUT2D eigenvalue weighted by atomic mass is 32.2. The maximum absolute atomic E-state index is 13.2. The lowest BCUT2D eigenvalue weighted by Crippen LogP contribution is -2.29. The van der Waals surface area contributed by atoms with Crippen LogP contribution in [0.15, 0.2) is 70.6 Å². The highest BCUT2D eigenvalue weighted by Crippen LogP contribution is 2.35. The van der Waals surface area contributed by atoms with Crippen LogP contribution in [0.4, 0.5) is 0 Å². The number of rotatable bonds is 13. The molecular formula is C29H31N3O3S3. The van der Waals surface area contributed by atoms with Crippen LogP contribution in [0.5, 0.6) is 0 Å². The molecule has 6 nitrogen and oxygen atoms in total. The zero-order valence-corrected chi connectivity index (χ0v) is 23.8. The predicted octanol–water partition coefficient (Wildman–Crippen LogP) is 7.28. The second kappa shape index (κ2) is 13.8. The van der Waals surface area contributed by atoms with E-state index in [0.717, 1.165) is 34.7 Å². The minimum atomic E-state index is -0.796. The summed E-state index contributed by atoms with van der Waals surface area (Å²) >= 11 is 8.67. The average Bonchev–Trinajstić information content (AvgIpc) is 3.45. The van der Waals surface area contributed by atoms with E-state index in [-0.39, 0.29) is 12.3 Å². The van der Waals surface area contributed by atoms with Crippen LogP contribution in [0.25, 0.3) is 23.0 Å². The van der Waals surface area contributed by atoms with Gasteiger partial charge in [-0.15, -0.1) is 11.8 Å². The number of carboxylic acid groups (broad SMARTS) is 1. The van der Waals surface area contributed by atoms with Crippen molar-refractivity contribution in [1.82, 2.24) is 14.7 Å². The molecule has 2 heterocycles. The minimum Gasteiger partial charge on any atom is -0.481 e. The number of nitrogens with zero attached hydrogens (tertiary/aromatic N) is 3. The Balaban J connectivity index is 1.57. The lowest BCUT2D eigenvalue weighted by atomic mass is 10.1. The monoisotopic (exact) mass is 565 g/mol. The fraction of sp³-hybridized carbons (Fsp3) is 0.310. The SMILES string of the molecule is CCCCSc1ccc(-c2nn(-c3ccccc3)cc2C=C2SC(=S)N(CCCCCC(=O)O)C2=O)cc1. The molecule has 1 fully saturated rings. The summed E-state index contributed by atoms with van der Waals surface area (Å²) in [6, 6.07) is 18.3. The Bertz CT molecular complexity index is 1300. The third-order valence-electron chi connectivity index (χ3n) is 6.09. The third kappa shape index (κ3) is 7.36. The number of aliphatic carboxylic acids is 1. The zero-order valence-electron chi connectivity index (χ0n) is 21.3. The van der Waals surface area contributed by atoms with E-state index in [1.165, 1.54) is 29.5 Å². The van der Waals surface area contributed by atoms with Crippen molar-refractivity contribution in [3.05, 3.63) is 71.3 Å². The van der Waals surface area contributed by atoms with Gasteiger partial charge in [-0.25, -0.2) is 4.68 Å². The van der Waals surface area contributed by atoms with E-state index in [4.69, 9.17) is 22.4 Å². The third-order valence-corrected chi connectivity index (χ3v) is 8.57. The first kappa shape index (κ1) is 28.1. The average molecular weight is 566 g/mol. The van der Waals surface area contributed by atoms with E-state index in [1.807, 2.05) is 59.0 Å². The first-order valence-corrected chi connectivity index (χ1v) is 15.0. The van der Waals surface area contributed by atoms with Crippen molar-refractivity contribution < 1.29 is 14.7 Å². The molecule has 2 aromatic carbocycles. The Morgan fingerprint density at radius 3 is 2.55 bits per heavy atom. The van der Waals surface area contributed by atoms with Crippen LogP contribution in [0.1, 0.15) is 51.0 Å². The van der Waals surface area contributed by atoms with E-state index in [2.05, 4.69) is 31.2 Å². The van der Waals surface area contributed by atoms with Gasteiger partial charge < -0.3 is 5.11 Å². The van der Waals surface area contributed by atoms with Crippen LogP contribution in [0.2, 0.25) is 0 Å². The molecule has 0 spiro atoms. The number of thioether (sulfide) groups is 2. The van der Waals surface area contributed by atoms with Gasteiger partial charge in [-0.2, -0.15) is 5.10 Å². The van der Waals surface area contributed by atoms with Crippen LogP contribution in [0, 0.1) is 0 Å². The van der Waals surface area contributed by atoms with Crippen molar-refractivity contribution in [1.29, 1.82) is 0 Å². The summed E-state index contributed by atoms with van der Waals surface area (Å²) in [6.45, 7) is 2.69. The van der Waals surface area contributed by atoms with Gasteiger partial charge in [0.1, 0.15) is 4.32 Å². The van der Waals surface area contributed by atoms with E-state index in [1.54, 1.807) is 4.90 Å². The molecule has 3 aromatic rings. The summed E-state index contributed by atoms with van der Waals surface area (Å²) in [5, 5.41) is 13.7. The molecule has 4 rings (SSSR count). The number of benzene rings is 2. The second-order valence-corrected chi connectivity index (χ2v) is 11.8. The van der Waals surface area contributed by atoms with Crippen molar-refractivity contribution in [2.75, 3.05) is 12.3 Å². The number of para-hydroxylation sites is 1. The molecule has 1 aliphatic heterocycles. The number of unbranched alkanes of at least 4 members (excludes halogenated alkanes) is 3. The first-order valence-electron chi connectivity index (χ1n) is 12.8. The molecule has 0 bridgehead atoms. The van der Waals surface area contributed by atoms with Crippen LogP contribution in [0.3, 0.4) is 0 Å². The van der Waals surface area contributed by atoms with Gasteiger partial charge in [-0.3, -0.25) is 14.5 Å². The lowest BCUT2D eigenvalue weighted by Gasteiger charge is -2.13. The summed E-state index contributed by atoms with van der Waals surface area (Å²) < 4.78 is 2.37. The molecule has 0 saturated carbocycles. The fourth-order valence-electron chi connectivity index (χ4n) is 4.03. The summed E-state index contributed by atoms with van der Waals surface area (Å²) in [5.41, 5.74) is 3.58. The molecule has 1 N–H and O–H groups in total. The largest absolute Gasteiger partial charge is 0.481 e. The molecule has 0 unspecified atom stereocenters. The van der Waals surface area contributed by atoms with Gasteiger partial charge >= 0.3 is 5.97 Å². The van der Waals surface area contributed by atoms with Crippen molar-refractivity contribution >= 4 is 58.0 Å². The van der Waals surface area contributed by atoms with Crippen LogP contribution in [-0.2, 0) is 9.59 Å². The van der Waals surface area contributed by atoms with Crippen molar-refractivity contribution in [2.45, 2.75) is 50.3 Å². The number of carbonyl (C=O) groups is 2. The molecule has 1 saturated heterocycles. The zero-order chi connectivity index (χ0) is 26.9. The summed E-state index contributed by atoms with van der Waals surface area (Å²) in [7, 11) is 0.